The van der Waals surface area contributed by atoms with Gasteiger partial charge >= 0.3 is 0 Å². The fourth-order valence-corrected chi connectivity index (χ4v) is 2.63. The SMILES string of the molecule is Cc1nn(C)cc1CN1CC(CN)CC1C. The Bertz CT molecular complexity index is 358. The van der Waals surface area contributed by atoms with Crippen LogP contribution in [0.2, 0.25) is 0 Å². The first-order chi connectivity index (χ1) is 7.60. The minimum absolute atomic E-state index is 0.646. The van der Waals surface area contributed by atoms with Crippen LogP contribution in [0.5, 0.6) is 0 Å². The molecule has 2 unspecified atom stereocenters. The van der Waals surface area contributed by atoms with Crippen LogP contribution in [-0.2, 0) is 13.6 Å². The lowest BCUT2D eigenvalue weighted by atomic mass is 10.1. The van der Waals surface area contributed by atoms with Crippen molar-refractivity contribution in [1.29, 1.82) is 0 Å². The molecule has 1 saturated heterocycles. The van der Waals surface area contributed by atoms with Crippen molar-refractivity contribution < 1.29 is 0 Å². The zero-order chi connectivity index (χ0) is 11.7. The van der Waals surface area contributed by atoms with Gasteiger partial charge in [-0.3, -0.25) is 9.58 Å². The van der Waals surface area contributed by atoms with E-state index in [1.807, 2.05) is 11.7 Å². The highest BCUT2D eigenvalue weighted by Gasteiger charge is 2.28. The molecule has 1 aromatic heterocycles. The lowest BCUT2D eigenvalue weighted by Gasteiger charge is -2.20. The van der Waals surface area contributed by atoms with Crippen molar-refractivity contribution in [2.75, 3.05) is 13.1 Å². The van der Waals surface area contributed by atoms with Crippen LogP contribution in [0, 0.1) is 12.8 Å². The van der Waals surface area contributed by atoms with Crippen LogP contribution in [0.3, 0.4) is 0 Å². The van der Waals surface area contributed by atoms with E-state index >= 15 is 0 Å². The van der Waals surface area contributed by atoms with Gasteiger partial charge in [0.05, 0.1) is 5.69 Å². The second-order valence-corrected chi connectivity index (χ2v) is 5.03. The van der Waals surface area contributed by atoms with E-state index in [4.69, 9.17) is 5.73 Å². The molecule has 0 amide bonds. The quantitative estimate of drug-likeness (QED) is 0.826. The molecule has 4 nitrogen and oxygen atoms in total. The van der Waals surface area contributed by atoms with Gasteiger partial charge in [0, 0.05) is 37.9 Å². The maximum atomic E-state index is 5.74. The van der Waals surface area contributed by atoms with E-state index in [2.05, 4.69) is 30.0 Å². The average molecular weight is 222 g/mol. The molecule has 2 rings (SSSR count). The Morgan fingerprint density at radius 3 is 2.81 bits per heavy atom. The average Bonchev–Trinajstić information content (AvgIpc) is 2.72. The van der Waals surface area contributed by atoms with Gasteiger partial charge < -0.3 is 5.73 Å². The minimum atomic E-state index is 0.646. The molecule has 1 aromatic rings. The Kier molecular flexibility index (Phi) is 3.30. The highest BCUT2D eigenvalue weighted by Crippen LogP contribution is 2.24. The maximum Gasteiger partial charge on any atom is 0.0638 e. The van der Waals surface area contributed by atoms with Gasteiger partial charge in [0.2, 0.25) is 0 Å². The van der Waals surface area contributed by atoms with Crippen LogP contribution >= 0.6 is 0 Å². The molecule has 2 N–H and O–H groups in total. The van der Waals surface area contributed by atoms with Gasteiger partial charge in [-0.15, -0.1) is 0 Å². The molecule has 2 atom stereocenters. The predicted molar refractivity (Wildman–Crippen MR) is 65.0 cm³/mol. The number of hydrogen-bond acceptors (Lipinski definition) is 3. The largest absolute Gasteiger partial charge is 0.330 e. The molecule has 1 fully saturated rings. The molecule has 4 heteroatoms. The van der Waals surface area contributed by atoms with Crippen LogP contribution in [0.15, 0.2) is 6.20 Å². The number of rotatable bonds is 3. The fourth-order valence-electron chi connectivity index (χ4n) is 2.63. The van der Waals surface area contributed by atoms with Crippen molar-refractivity contribution in [1.82, 2.24) is 14.7 Å². The maximum absolute atomic E-state index is 5.74. The first-order valence-corrected chi connectivity index (χ1v) is 6.03. The summed E-state index contributed by atoms with van der Waals surface area (Å²) in [5.41, 5.74) is 8.23. The summed E-state index contributed by atoms with van der Waals surface area (Å²) in [7, 11) is 1.98. The summed E-state index contributed by atoms with van der Waals surface area (Å²) in [5.74, 6) is 0.673. The third-order valence-electron chi connectivity index (χ3n) is 3.61. The first kappa shape index (κ1) is 11.6. The van der Waals surface area contributed by atoms with Gasteiger partial charge in [0.15, 0.2) is 0 Å². The number of nitrogens with two attached hydrogens (primary N) is 1. The molecule has 0 bridgehead atoms. The Labute approximate surface area is 97.4 Å². The number of aromatic nitrogens is 2. The molecule has 0 saturated carbocycles. The normalized spacial score (nSPS) is 26.5. The lowest BCUT2D eigenvalue weighted by Crippen LogP contribution is -2.27. The van der Waals surface area contributed by atoms with Gasteiger partial charge in [0.1, 0.15) is 0 Å². The summed E-state index contributed by atoms with van der Waals surface area (Å²) >= 11 is 0. The van der Waals surface area contributed by atoms with E-state index < -0.39 is 0 Å². The summed E-state index contributed by atoms with van der Waals surface area (Å²) < 4.78 is 1.89. The Hall–Kier alpha value is -0.870. The van der Waals surface area contributed by atoms with E-state index in [0.717, 1.165) is 25.3 Å². The Balaban J connectivity index is 2.02. The molecule has 0 radical (unpaired) electrons. The second-order valence-electron chi connectivity index (χ2n) is 5.03. The van der Waals surface area contributed by atoms with Crippen molar-refractivity contribution in [2.24, 2.45) is 18.7 Å². The number of nitrogens with zero attached hydrogens (tertiary/aromatic N) is 3. The van der Waals surface area contributed by atoms with Crippen molar-refractivity contribution in [2.45, 2.75) is 32.9 Å². The van der Waals surface area contributed by atoms with Crippen molar-refractivity contribution in [3.8, 4) is 0 Å². The highest BCUT2D eigenvalue weighted by atomic mass is 15.3. The molecule has 0 aliphatic carbocycles. The van der Waals surface area contributed by atoms with Gasteiger partial charge in [-0.05, 0) is 32.7 Å². The zero-order valence-electron chi connectivity index (χ0n) is 10.5. The van der Waals surface area contributed by atoms with E-state index in [-0.39, 0.29) is 0 Å². The van der Waals surface area contributed by atoms with Crippen LogP contribution in [0.25, 0.3) is 0 Å². The third-order valence-corrected chi connectivity index (χ3v) is 3.61. The van der Waals surface area contributed by atoms with E-state index in [1.165, 1.54) is 12.0 Å². The summed E-state index contributed by atoms with van der Waals surface area (Å²) in [6, 6.07) is 0.646. The molecule has 0 spiro atoms. The van der Waals surface area contributed by atoms with Crippen molar-refractivity contribution in [3.63, 3.8) is 0 Å². The van der Waals surface area contributed by atoms with Gasteiger partial charge in [-0.25, -0.2) is 0 Å². The summed E-state index contributed by atoms with van der Waals surface area (Å²) in [5, 5.41) is 4.38. The van der Waals surface area contributed by atoms with Crippen LogP contribution in [0.1, 0.15) is 24.6 Å². The van der Waals surface area contributed by atoms with E-state index in [9.17, 15) is 0 Å². The molecule has 2 heterocycles. The first-order valence-electron chi connectivity index (χ1n) is 6.03. The topological polar surface area (TPSA) is 47.1 Å². The van der Waals surface area contributed by atoms with E-state index in [1.54, 1.807) is 0 Å². The van der Waals surface area contributed by atoms with Crippen molar-refractivity contribution >= 4 is 0 Å². The number of aryl methyl sites for hydroxylation is 2. The third kappa shape index (κ3) is 2.28. The molecule has 0 aromatic carbocycles. The molecule has 1 aliphatic rings. The standard InChI is InChI=1S/C12H22N4/c1-9-4-11(5-13)6-16(9)8-12-7-15(3)14-10(12)2/h7,9,11H,4-6,8,13H2,1-3H3. The lowest BCUT2D eigenvalue weighted by molar-refractivity contribution is 0.255. The van der Waals surface area contributed by atoms with Crippen LogP contribution < -0.4 is 5.73 Å². The highest BCUT2D eigenvalue weighted by molar-refractivity contribution is 5.15. The van der Waals surface area contributed by atoms with E-state index in [0.29, 0.717) is 12.0 Å². The Morgan fingerprint density at radius 1 is 1.56 bits per heavy atom. The summed E-state index contributed by atoms with van der Waals surface area (Å²) in [6.07, 6.45) is 3.35. The van der Waals surface area contributed by atoms with Gasteiger partial charge in [-0.1, -0.05) is 0 Å². The van der Waals surface area contributed by atoms with Gasteiger partial charge in [-0.2, -0.15) is 5.10 Å². The molecular formula is C12H22N4. The summed E-state index contributed by atoms with van der Waals surface area (Å²) in [4.78, 5) is 2.52. The predicted octanol–water partition coefficient (Wildman–Crippen LogP) is 0.898. The van der Waals surface area contributed by atoms with Gasteiger partial charge in [0.25, 0.3) is 0 Å². The molecule has 90 valence electrons. The van der Waals surface area contributed by atoms with Crippen molar-refractivity contribution in [3.05, 3.63) is 17.5 Å². The fraction of sp³-hybridized carbons (Fsp3) is 0.750. The molecule has 1 aliphatic heterocycles. The number of likely N-dealkylation sites (tertiary alicyclic amines) is 1. The zero-order valence-corrected chi connectivity index (χ0v) is 10.5. The molecule has 16 heavy (non-hydrogen) atoms. The van der Waals surface area contributed by atoms with Crippen LogP contribution in [0.4, 0.5) is 0 Å². The smallest absolute Gasteiger partial charge is 0.0638 e. The van der Waals surface area contributed by atoms with Crippen LogP contribution in [-0.4, -0.2) is 33.8 Å². The Morgan fingerprint density at radius 2 is 2.31 bits per heavy atom. The summed E-state index contributed by atoms with van der Waals surface area (Å²) in [6.45, 7) is 7.33. The monoisotopic (exact) mass is 222 g/mol. The minimum Gasteiger partial charge on any atom is -0.330 e. The number of hydrogen-bond donors (Lipinski definition) is 1. The molecular weight excluding hydrogens is 200 g/mol. The second kappa shape index (κ2) is 4.55.